The van der Waals surface area contributed by atoms with E-state index in [-0.39, 0.29) is 17.5 Å². The van der Waals surface area contributed by atoms with Crippen LogP contribution in [0.15, 0.2) is 77.9 Å². The first-order chi connectivity index (χ1) is 16.5. The molecule has 2 aromatic heterocycles. The number of carbonyl (C=O) groups excluding carboxylic acids is 1. The average Bonchev–Trinajstić information content (AvgIpc) is 2.85. The molecule has 1 saturated heterocycles. The van der Waals surface area contributed by atoms with Crippen LogP contribution in [0.25, 0.3) is 21.9 Å². The summed E-state index contributed by atoms with van der Waals surface area (Å²) in [6.07, 6.45) is 3.55. The van der Waals surface area contributed by atoms with Crippen LogP contribution in [0.4, 0.5) is 0 Å². The number of hydrogen-bond acceptors (Lipinski definition) is 4. The predicted molar refractivity (Wildman–Crippen MR) is 135 cm³/mol. The van der Waals surface area contributed by atoms with Gasteiger partial charge in [0.15, 0.2) is 0 Å². The molecular weight excluding hydrogens is 448 g/mol. The molecule has 0 aliphatic carbocycles. The summed E-state index contributed by atoms with van der Waals surface area (Å²) in [5.41, 5.74) is 3.88. The molecule has 0 bridgehead atoms. The number of nitrogens with zero attached hydrogens (tertiary/aromatic N) is 3. The van der Waals surface area contributed by atoms with Gasteiger partial charge in [-0.1, -0.05) is 41.9 Å². The lowest BCUT2D eigenvalue weighted by molar-refractivity contribution is -0.142. The fourth-order valence-corrected chi connectivity index (χ4v) is 4.59. The number of pyridine rings is 2. The van der Waals surface area contributed by atoms with E-state index in [0.29, 0.717) is 24.7 Å². The predicted octanol–water partition coefficient (Wildman–Crippen LogP) is 4.48. The van der Waals surface area contributed by atoms with E-state index >= 15 is 0 Å². The van der Waals surface area contributed by atoms with Gasteiger partial charge >= 0.3 is 0 Å². The molecule has 4 aromatic rings. The highest BCUT2D eigenvalue weighted by Gasteiger charge is 2.31. The van der Waals surface area contributed by atoms with Crippen LogP contribution in [0.3, 0.4) is 0 Å². The van der Waals surface area contributed by atoms with Crippen LogP contribution in [0.5, 0.6) is 0 Å². The molecule has 172 valence electrons. The van der Waals surface area contributed by atoms with Gasteiger partial charge in [-0.15, -0.1) is 0 Å². The Morgan fingerprint density at radius 1 is 0.941 bits per heavy atom. The van der Waals surface area contributed by atoms with Gasteiger partial charge in [-0.25, -0.2) is 0 Å². The number of H-pyrrole nitrogens is 1. The lowest BCUT2D eigenvalue weighted by atomic mass is 10.0. The number of fused-ring (bicyclic) bond motifs is 1. The molecule has 1 aliphatic rings. The summed E-state index contributed by atoms with van der Waals surface area (Å²) in [6.45, 7) is 4.65. The average molecular weight is 473 g/mol. The van der Waals surface area contributed by atoms with Gasteiger partial charge in [0, 0.05) is 55.0 Å². The molecule has 6 nitrogen and oxygen atoms in total. The zero-order valence-corrected chi connectivity index (χ0v) is 19.6. The summed E-state index contributed by atoms with van der Waals surface area (Å²) >= 11 is 6.07. The SMILES string of the molecule is CC1C(=O)N(Cc2ccc(-c3ccc(=O)[nH]c3)cc2)CCN1Cc1cc2ccc(Cl)cc2cn1. The van der Waals surface area contributed by atoms with Gasteiger partial charge in [-0.05, 0) is 53.3 Å². The minimum absolute atomic E-state index is 0.117. The molecule has 3 heterocycles. The van der Waals surface area contributed by atoms with Gasteiger partial charge in [-0.2, -0.15) is 0 Å². The van der Waals surface area contributed by atoms with Gasteiger partial charge in [0.05, 0.1) is 11.7 Å². The molecule has 0 spiro atoms. The van der Waals surface area contributed by atoms with Crippen molar-refractivity contribution in [1.82, 2.24) is 19.8 Å². The zero-order valence-electron chi connectivity index (χ0n) is 18.9. The van der Waals surface area contributed by atoms with Crippen LogP contribution in [-0.4, -0.2) is 44.8 Å². The monoisotopic (exact) mass is 472 g/mol. The third-order valence-electron chi connectivity index (χ3n) is 6.42. The van der Waals surface area contributed by atoms with Crippen LogP contribution < -0.4 is 5.56 Å². The van der Waals surface area contributed by atoms with Gasteiger partial charge in [0.1, 0.15) is 0 Å². The van der Waals surface area contributed by atoms with Crippen LogP contribution in [0, 0.1) is 0 Å². The number of rotatable bonds is 5. The third kappa shape index (κ3) is 4.74. The van der Waals surface area contributed by atoms with Crippen molar-refractivity contribution in [1.29, 1.82) is 0 Å². The summed E-state index contributed by atoms with van der Waals surface area (Å²) in [4.78, 5) is 35.8. The van der Waals surface area contributed by atoms with Crippen LogP contribution in [0.1, 0.15) is 18.2 Å². The summed E-state index contributed by atoms with van der Waals surface area (Å²) in [6, 6.07) is 19.1. The van der Waals surface area contributed by atoms with Crippen molar-refractivity contribution in [3.63, 3.8) is 0 Å². The Balaban J connectivity index is 1.23. The van der Waals surface area contributed by atoms with Gasteiger partial charge in [0.2, 0.25) is 11.5 Å². The van der Waals surface area contributed by atoms with Crippen LogP contribution >= 0.6 is 11.6 Å². The number of hydrogen-bond donors (Lipinski definition) is 1. The van der Waals surface area contributed by atoms with Gasteiger partial charge in [-0.3, -0.25) is 19.5 Å². The minimum atomic E-state index is -0.211. The van der Waals surface area contributed by atoms with Crippen LogP contribution in [0.2, 0.25) is 5.02 Å². The zero-order chi connectivity index (χ0) is 23.7. The molecule has 1 fully saturated rings. The number of aromatic amines is 1. The maximum absolute atomic E-state index is 13.1. The lowest BCUT2D eigenvalue weighted by Crippen LogP contribution is -2.54. The molecule has 0 radical (unpaired) electrons. The summed E-state index contributed by atoms with van der Waals surface area (Å²) in [5, 5.41) is 2.80. The van der Waals surface area contributed by atoms with Crippen molar-refractivity contribution < 1.29 is 4.79 Å². The lowest BCUT2D eigenvalue weighted by Gasteiger charge is -2.39. The first kappa shape index (κ1) is 22.3. The molecule has 0 saturated carbocycles. The smallest absolute Gasteiger partial charge is 0.247 e. The van der Waals surface area contributed by atoms with E-state index in [9.17, 15) is 9.59 Å². The maximum atomic E-state index is 13.1. The van der Waals surface area contributed by atoms with Gasteiger partial charge < -0.3 is 9.88 Å². The molecular formula is C27H25ClN4O2. The van der Waals surface area contributed by atoms with Crippen molar-refractivity contribution in [2.75, 3.05) is 13.1 Å². The second-order valence-corrected chi connectivity index (χ2v) is 9.15. The second-order valence-electron chi connectivity index (χ2n) is 8.71. The summed E-state index contributed by atoms with van der Waals surface area (Å²) in [7, 11) is 0. The molecule has 5 rings (SSSR count). The molecule has 1 unspecified atom stereocenters. The molecule has 34 heavy (non-hydrogen) atoms. The van der Waals surface area contributed by atoms with Crippen molar-refractivity contribution in [2.24, 2.45) is 0 Å². The number of aromatic nitrogens is 2. The molecule has 2 aromatic carbocycles. The first-order valence-electron chi connectivity index (χ1n) is 11.3. The first-order valence-corrected chi connectivity index (χ1v) is 11.7. The highest BCUT2D eigenvalue weighted by molar-refractivity contribution is 6.31. The quantitative estimate of drug-likeness (QED) is 0.465. The molecule has 1 atom stereocenters. The third-order valence-corrected chi connectivity index (χ3v) is 6.66. The van der Waals surface area contributed by atoms with Gasteiger partial charge in [0.25, 0.3) is 0 Å². The van der Waals surface area contributed by atoms with E-state index < -0.39 is 0 Å². The van der Waals surface area contributed by atoms with Crippen LogP contribution in [-0.2, 0) is 17.9 Å². The number of carbonyl (C=O) groups is 1. The Morgan fingerprint density at radius 3 is 2.50 bits per heavy atom. The van der Waals surface area contributed by atoms with Crippen molar-refractivity contribution >= 4 is 28.3 Å². The number of benzene rings is 2. The molecule has 1 N–H and O–H groups in total. The topological polar surface area (TPSA) is 69.3 Å². The summed E-state index contributed by atoms with van der Waals surface area (Å²) in [5.74, 6) is 0.128. The number of piperazine rings is 1. The van der Waals surface area contributed by atoms with E-state index in [1.165, 1.54) is 6.07 Å². The molecule has 1 amide bonds. The van der Waals surface area contributed by atoms with Crippen molar-refractivity contribution in [2.45, 2.75) is 26.1 Å². The number of amides is 1. The molecule has 7 heteroatoms. The Hall–Kier alpha value is -3.48. The maximum Gasteiger partial charge on any atom is 0.247 e. The highest BCUT2D eigenvalue weighted by Crippen LogP contribution is 2.23. The van der Waals surface area contributed by atoms with E-state index in [2.05, 4.69) is 20.9 Å². The van der Waals surface area contributed by atoms with E-state index in [0.717, 1.165) is 39.7 Å². The Morgan fingerprint density at radius 2 is 1.74 bits per heavy atom. The van der Waals surface area contributed by atoms with E-state index in [1.54, 1.807) is 12.3 Å². The Labute approximate surface area is 202 Å². The Kier molecular flexibility index (Phi) is 6.18. The molecule has 1 aliphatic heterocycles. The van der Waals surface area contributed by atoms with Crippen molar-refractivity contribution in [3.8, 4) is 11.1 Å². The second kappa shape index (κ2) is 9.41. The fourth-order valence-electron chi connectivity index (χ4n) is 4.41. The largest absolute Gasteiger partial charge is 0.336 e. The summed E-state index contributed by atoms with van der Waals surface area (Å²) < 4.78 is 0. The highest BCUT2D eigenvalue weighted by atomic mass is 35.5. The fraction of sp³-hybridized carbons (Fsp3) is 0.222. The minimum Gasteiger partial charge on any atom is -0.336 e. The standard InChI is InChI=1S/C27H25ClN4O2/c1-18-27(34)32(16-19-2-4-20(5-3-19)22-7-9-26(33)30-14-22)11-10-31(18)17-25-13-21-6-8-24(28)12-23(21)15-29-25/h2-9,12-15,18H,10-11,16-17H2,1H3,(H,30,33). The van der Waals surface area contributed by atoms with E-state index in [4.69, 9.17) is 11.6 Å². The van der Waals surface area contributed by atoms with Crippen molar-refractivity contribution in [3.05, 3.63) is 99.7 Å². The number of halogens is 1. The number of nitrogens with one attached hydrogen (secondary N) is 1. The Bertz CT molecular complexity index is 1380. The van der Waals surface area contributed by atoms with E-state index in [1.807, 2.05) is 60.5 Å². The normalized spacial score (nSPS) is 16.8.